The number of nitrogens with one attached hydrogen (secondary N) is 5. The van der Waals surface area contributed by atoms with Gasteiger partial charge >= 0.3 is 5.97 Å². The Morgan fingerprint density at radius 3 is 2.27 bits per heavy atom. The Hall–Kier alpha value is -6.80. The summed E-state index contributed by atoms with van der Waals surface area (Å²) in [5.74, 6) is -3.71. The van der Waals surface area contributed by atoms with Crippen LogP contribution in [0.2, 0.25) is 0 Å². The predicted molar refractivity (Wildman–Crippen MR) is 207 cm³/mol. The number of H-pyrrole nitrogens is 1. The normalized spacial score (nSPS) is 15.5. The molecule has 4 aromatic carbocycles. The topological polar surface area (TPSA) is 205 Å². The molecule has 4 atom stereocenters. The third kappa shape index (κ3) is 9.05. The van der Waals surface area contributed by atoms with Crippen molar-refractivity contribution < 1.29 is 34.2 Å². The van der Waals surface area contributed by atoms with E-state index < -0.39 is 60.4 Å². The highest BCUT2D eigenvalue weighted by Crippen LogP contribution is 2.28. The molecule has 55 heavy (non-hydrogen) atoms. The van der Waals surface area contributed by atoms with Gasteiger partial charge in [-0.25, -0.2) is 0 Å². The molecular weight excluding hydrogens is 702 g/mol. The summed E-state index contributed by atoms with van der Waals surface area (Å²) in [7, 11) is 1.65. The van der Waals surface area contributed by atoms with Crippen molar-refractivity contribution in [3.05, 3.63) is 132 Å². The fourth-order valence-electron chi connectivity index (χ4n) is 6.38. The third-order valence-electron chi connectivity index (χ3n) is 9.35. The first kappa shape index (κ1) is 37.9. The van der Waals surface area contributed by atoms with Gasteiger partial charge in [-0.2, -0.15) is 0 Å². The maximum atomic E-state index is 14.1. The van der Waals surface area contributed by atoms with E-state index in [0.717, 1.165) is 27.6 Å². The standard InChI is InChI=1S/C41H41N7O7/c1-24(41(54)55)44-39(52)32(20-25-16-18-28(49)19-17-25)45-35(50)23-43-38(51)33(21-27-22-42-31-14-8-6-12-29(27)31)46-37-40(53)48(2)34-15-9-7-13-30(34)36(47-37)26-10-4-3-5-11-26/h3-19,22,24,32-33,37,42,46,49H,20-21,23H2,1-2H3,(H,43,51)(H,44,52)(H,45,50)(H,54,55)/t24-,32-,33-,37?/m0/s1. The largest absolute Gasteiger partial charge is 0.508 e. The number of carbonyl (C=O) groups is 5. The van der Waals surface area contributed by atoms with Gasteiger partial charge in [0.05, 0.1) is 24.0 Å². The molecule has 1 aliphatic heterocycles. The molecule has 0 spiro atoms. The van der Waals surface area contributed by atoms with E-state index in [0.29, 0.717) is 17.0 Å². The molecule has 14 heteroatoms. The molecule has 14 nitrogen and oxygen atoms in total. The molecule has 5 aromatic rings. The van der Waals surface area contributed by atoms with Gasteiger partial charge in [-0.15, -0.1) is 0 Å². The Bertz CT molecular complexity index is 2240. The summed E-state index contributed by atoms with van der Waals surface area (Å²) in [4.78, 5) is 75.7. The van der Waals surface area contributed by atoms with Gasteiger partial charge in [-0.3, -0.25) is 34.3 Å². The molecule has 0 fully saturated rings. The van der Waals surface area contributed by atoms with Crippen LogP contribution >= 0.6 is 0 Å². The van der Waals surface area contributed by atoms with Gasteiger partial charge in [0.1, 0.15) is 17.8 Å². The van der Waals surface area contributed by atoms with Crippen LogP contribution in [0.5, 0.6) is 5.75 Å². The second-order valence-corrected chi connectivity index (χ2v) is 13.2. The smallest absolute Gasteiger partial charge is 0.325 e. The number of likely N-dealkylation sites (N-methyl/N-ethyl adjacent to an activating group) is 1. The van der Waals surface area contributed by atoms with Gasteiger partial charge in [0.15, 0.2) is 6.17 Å². The number of para-hydroxylation sites is 2. The van der Waals surface area contributed by atoms with E-state index in [1.165, 1.54) is 24.0 Å². The lowest BCUT2D eigenvalue weighted by atomic mass is 10.0. The van der Waals surface area contributed by atoms with Crippen molar-refractivity contribution >= 4 is 51.9 Å². The van der Waals surface area contributed by atoms with Gasteiger partial charge in [0.2, 0.25) is 17.7 Å². The van der Waals surface area contributed by atoms with E-state index in [1.807, 2.05) is 78.9 Å². The SMILES string of the molecule is C[C@H](NC(=O)[C@H](Cc1ccc(O)cc1)NC(=O)CNC(=O)[C@H](Cc1c[nH]c2ccccc12)NC1N=C(c2ccccc2)c2ccccc2N(C)C1=O)C(=O)O. The van der Waals surface area contributed by atoms with Crippen LogP contribution in [0.3, 0.4) is 0 Å². The fraction of sp³-hybridized carbons (Fsp3) is 0.220. The first-order valence-corrected chi connectivity index (χ1v) is 17.7. The summed E-state index contributed by atoms with van der Waals surface area (Å²) < 4.78 is 0. The van der Waals surface area contributed by atoms with Crippen LogP contribution in [0.15, 0.2) is 114 Å². The molecule has 1 aliphatic rings. The summed E-state index contributed by atoms with van der Waals surface area (Å²) in [5.41, 5.74) is 4.97. The van der Waals surface area contributed by atoms with Crippen LogP contribution in [-0.2, 0) is 36.8 Å². The molecule has 7 N–H and O–H groups in total. The maximum Gasteiger partial charge on any atom is 0.325 e. The number of aromatic nitrogens is 1. The number of rotatable bonds is 14. The minimum absolute atomic E-state index is 0.00973. The van der Waals surface area contributed by atoms with E-state index in [4.69, 9.17) is 4.99 Å². The van der Waals surface area contributed by atoms with Crippen LogP contribution in [-0.4, -0.2) is 88.4 Å². The van der Waals surface area contributed by atoms with Crippen molar-refractivity contribution in [3.63, 3.8) is 0 Å². The highest BCUT2D eigenvalue weighted by Gasteiger charge is 2.34. The van der Waals surface area contributed by atoms with Crippen molar-refractivity contribution in [1.82, 2.24) is 26.3 Å². The van der Waals surface area contributed by atoms with E-state index in [-0.39, 0.29) is 18.6 Å². The summed E-state index contributed by atoms with van der Waals surface area (Å²) in [6, 6.07) is 26.9. The van der Waals surface area contributed by atoms with E-state index in [1.54, 1.807) is 25.4 Å². The zero-order chi connectivity index (χ0) is 39.1. The summed E-state index contributed by atoms with van der Waals surface area (Å²) in [6.45, 7) is 0.754. The third-order valence-corrected chi connectivity index (χ3v) is 9.35. The molecule has 0 saturated heterocycles. The zero-order valence-electron chi connectivity index (χ0n) is 30.2. The van der Waals surface area contributed by atoms with Crippen LogP contribution in [0.25, 0.3) is 10.9 Å². The number of aromatic amines is 1. The van der Waals surface area contributed by atoms with Crippen molar-refractivity contribution in [2.24, 2.45) is 4.99 Å². The number of aromatic hydroxyl groups is 1. The predicted octanol–water partition coefficient (Wildman–Crippen LogP) is 2.65. The van der Waals surface area contributed by atoms with Gasteiger partial charge < -0.3 is 36.0 Å². The number of anilines is 1. The van der Waals surface area contributed by atoms with Gasteiger partial charge in [-0.1, -0.05) is 78.9 Å². The van der Waals surface area contributed by atoms with Gasteiger partial charge in [-0.05, 0) is 48.7 Å². The average molecular weight is 744 g/mol. The summed E-state index contributed by atoms with van der Waals surface area (Å²) in [6.07, 6.45) is 0.689. The summed E-state index contributed by atoms with van der Waals surface area (Å²) >= 11 is 0. The lowest BCUT2D eigenvalue weighted by Gasteiger charge is -2.25. The highest BCUT2D eigenvalue weighted by atomic mass is 16.4. The van der Waals surface area contributed by atoms with Gasteiger partial charge in [0, 0.05) is 41.7 Å². The molecule has 6 rings (SSSR count). The zero-order valence-corrected chi connectivity index (χ0v) is 30.2. The second-order valence-electron chi connectivity index (χ2n) is 13.2. The first-order valence-electron chi connectivity index (χ1n) is 17.7. The highest BCUT2D eigenvalue weighted by molar-refractivity contribution is 6.20. The minimum Gasteiger partial charge on any atom is -0.508 e. The average Bonchev–Trinajstić information content (AvgIpc) is 3.56. The Morgan fingerprint density at radius 2 is 1.53 bits per heavy atom. The molecule has 0 saturated carbocycles. The number of hydrogen-bond acceptors (Lipinski definition) is 8. The van der Waals surface area contributed by atoms with Crippen LogP contribution in [0.4, 0.5) is 5.69 Å². The Labute approximate surface area is 316 Å². The van der Waals surface area contributed by atoms with Crippen molar-refractivity contribution in [1.29, 1.82) is 0 Å². The van der Waals surface area contributed by atoms with Crippen molar-refractivity contribution in [2.45, 2.75) is 44.1 Å². The van der Waals surface area contributed by atoms with Crippen LogP contribution in [0.1, 0.15) is 29.2 Å². The van der Waals surface area contributed by atoms with E-state index in [9.17, 15) is 34.2 Å². The molecule has 0 radical (unpaired) electrons. The lowest BCUT2D eigenvalue weighted by Crippen LogP contribution is -2.56. The Morgan fingerprint density at radius 1 is 0.836 bits per heavy atom. The number of fused-ring (bicyclic) bond motifs is 2. The van der Waals surface area contributed by atoms with Crippen molar-refractivity contribution in [2.75, 3.05) is 18.5 Å². The molecule has 282 valence electrons. The number of benzodiazepines with no additional fused rings is 1. The minimum atomic E-state index is -1.26. The number of nitrogens with zero attached hydrogens (tertiary/aromatic N) is 2. The molecule has 2 heterocycles. The molecular formula is C41H41N7O7. The van der Waals surface area contributed by atoms with Crippen molar-refractivity contribution in [3.8, 4) is 5.75 Å². The van der Waals surface area contributed by atoms with Gasteiger partial charge in [0.25, 0.3) is 5.91 Å². The number of aliphatic imine (C=N–C) groups is 1. The molecule has 1 unspecified atom stereocenters. The van der Waals surface area contributed by atoms with E-state index >= 15 is 0 Å². The molecule has 1 aromatic heterocycles. The van der Waals surface area contributed by atoms with Crippen LogP contribution in [0, 0.1) is 0 Å². The fourth-order valence-corrected chi connectivity index (χ4v) is 6.38. The number of phenols is 1. The second kappa shape index (κ2) is 16.9. The number of hydrogen-bond donors (Lipinski definition) is 7. The Balaban J connectivity index is 1.25. The monoisotopic (exact) mass is 743 g/mol. The number of phenolic OH excluding ortho intramolecular Hbond substituents is 1. The lowest BCUT2D eigenvalue weighted by molar-refractivity contribution is -0.141. The molecule has 4 amide bonds. The van der Waals surface area contributed by atoms with Crippen LogP contribution < -0.4 is 26.2 Å². The number of amides is 4. The molecule has 0 aliphatic carbocycles. The Kier molecular flexibility index (Phi) is 11.7. The maximum absolute atomic E-state index is 14.1. The number of carboxylic acids is 1. The number of carboxylic acid groups (broad SMARTS) is 1. The number of benzene rings is 4. The quantitative estimate of drug-likeness (QED) is 0.0899. The number of aliphatic carboxylic acids is 1. The summed E-state index contributed by atoms with van der Waals surface area (Å²) in [5, 5.41) is 30.7. The number of carbonyl (C=O) groups excluding carboxylic acids is 4. The molecule has 0 bridgehead atoms. The first-order chi connectivity index (χ1) is 26.5. The van der Waals surface area contributed by atoms with E-state index in [2.05, 4.69) is 26.3 Å².